The van der Waals surface area contributed by atoms with Gasteiger partial charge in [0.15, 0.2) is 0 Å². The maximum Gasteiger partial charge on any atom is 0.145 e. The molecule has 0 aliphatic heterocycles. The minimum absolute atomic E-state index is 0.167. The Balaban J connectivity index is 2.28. The van der Waals surface area contributed by atoms with Crippen LogP contribution in [0.15, 0.2) is 30.5 Å². The van der Waals surface area contributed by atoms with E-state index in [0.717, 1.165) is 0 Å². The third-order valence-corrected chi connectivity index (χ3v) is 3.33. The maximum atomic E-state index is 9.86. The Kier molecular flexibility index (Phi) is 4.29. The molecule has 0 bridgehead atoms. The molecule has 20 heavy (non-hydrogen) atoms. The lowest BCUT2D eigenvalue weighted by molar-refractivity contribution is 0.0337. The summed E-state index contributed by atoms with van der Waals surface area (Å²) in [6.45, 7) is 0. The van der Waals surface area contributed by atoms with Gasteiger partial charge in [-0.2, -0.15) is 23.0 Å². The van der Waals surface area contributed by atoms with Crippen molar-refractivity contribution in [3.8, 4) is 11.8 Å². The van der Waals surface area contributed by atoms with Gasteiger partial charge in [0.25, 0.3) is 0 Å². The molecule has 6 nitrogen and oxygen atoms in total. The Hall–Kier alpha value is -2.01. The van der Waals surface area contributed by atoms with Gasteiger partial charge < -0.3 is 15.9 Å². The van der Waals surface area contributed by atoms with Gasteiger partial charge in [0.05, 0.1) is 18.0 Å². The molecule has 2 atom stereocenters. The number of hydrogen-bond acceptors (Lipinski definition) is 6. The lowest BCUT2D eigenvalue weighted by atomic mass is 10.1. The molecular weight excluding hydrogens is 276 g/mol. The normalized spacial score (nSPS) is 13.7. The van der Waals surface area contributed by atoms with Crippen molar-refractivity contribution in [3.05, 3.63) is 41.6 Å². The van der Waals surface area contributed by atoms with Crippen LogP contribution in [0.3, 0.4) is 0 Å². The summed E-state index contributed by atoms with van der Waals surface area (Å²) in [6, 6.07) is 8.69. The van der Waals surface area contributed by atoms with E-state index in [2.05, 4.69) is 17.7 Å². The predicted molar refractivity (Wildman–Crippen MR) is 77.5 cm³/mol. The number of aromatic nitrogens is 2. The van der Waals surface area contributed by atoms with Crippen LogP contribution in [-0.4, -0.2) is 31.9 Å². The minimum atomic E-state index is -0.994. The molecule has 2 rings (SSSR count). The fourth-order valence-corrected chi connectivity index (χ4v) is 1.98. The van der Waals surface area contributed by atoms with Crippen molar-refractivity contribution in [2.24, 2.45) is 0 Å². The molecule has 0 radical (unpaired) electrons. The summed E-state index contributed by atoms with van der Waals surface area (Å²) in [5, 5.41) is 32.3. The van der Waals surface area contributed by atoms with E-state index in [-0.39, 0.29) is 11.6 Å². The van der Waals surface area contributed by atoms with Crippen LogP contribution in [0, 0.1) is 11.3 Å². The quantitative estimate of drug-likeness (QED) is 0.618. The number of aliphatic hydroxyl groups is 2. The van der Waals surface area contributed by atoms with Crippen molar-refractivity contribution in [2.75, 3.05) is 11.5 Å². The number of thiol groups is 1. The first-order chi connectivity index (χ1) is 9.58. The van der Waals surface area contributed by atoms with Crippen LogP contribution in [0.25, 0.3) is 5.69 Å². The molecular formula is C13H14N4O2S. The Morgan fingerprint density at radius 2 is 2.00 bits per heavy atom. The average Bonchev–Trinajstić information content (AvgIpc) is 2.86. The number of nitrogens with two attached hydrogens (primary N) is 1. The first-order valence-corrected chi connectivity index (χ1v) is 6.52. The SMILES string of the molecule is N#Cc1cnn(-c2ccc(C(O)C(O)CS)cc2)c1N. The highest BCUT2D eigenvalue weighted by Gasteiger charge is 2.17. The first kappa shape index (κ1) is 14.4. The molecule has 1 aromatic heterocycles. The standard InChI is InChI=1S/C13H14N4O2S/c14-5-9-6-16-17(13(9)15)10-3-1-8(2-4-10)12(19)11(18)7-20/h1-4,6,11-12,18-20H,7,15H2. The lowest BCUT2D eigenvalue weighted by Crippen LogP contribution is -2.19. The second kappa shape index (κ2) is 5.96. The predicted octanol–water partition coefficient (Wildman–Crippen LogP) is 0.650. The summed E-state index contributed by atoms with van der Waals surface area (Å²) in [5.41, 5.74) is 7.33. The molecule has 1 heterocycles. The second-order valence-corrected chi connectivity index (χ2v) is 4.62. The molecule has 7 heteroatoms. The van der Waals surface area contributed by atoms with Gasteiger partial charge in [-0.1, -0.05) is 12.1 Å². The monoisotopic (exact) mass is 290 g/mol. The van der Waals surface area contributed by atoms with Crippen molar-refractivity contribution in [1.82, 2.24) is 9.78 Å². The minimum Gasteiger partial charge on any atom is -0.389 e. The fourth-order valence-electron chi connectivity index (χ4n) is 1.78. The number of hydrogen-bond donors (Lipinski definition) is 4. The molecule has 0 aliphatic carbocycles. The zero-order chi connectivity index (χ0) is 14.7. The third kappa shape index (κ3) is 2.63. The van der Waals surface area contributed by atoms with E-state index in [0.29, 0.717) is 16.8 Å². The number of anilines is 1. The number of benzene rings is 1. The summed E-state index contributed by atoms with van der Waals surface area (Å²) in [6.07, 6.45) is -0.529. The molecule has 0 aliphatic rings. The van der Waals surface area contributed by atoms with Gasteiger partial charge in [-0.25, -0.2) is 4.68 Å². The average molecular weight is 290 g/mol. The van der Waals surface area contributed by atoms with Crippen LogP contribution in [0.2, 0.25) is 0 Å². The lowest BCUT2D eigenvalue weighted by Gasteiger charge is -2.16. The van der Waals surface area contributed by atoms with Crippen molar-refractivity contribution in [2.45, 2.75) is 12.2 Å². The Morgan fingerprint density at radius 3 is 2.50 bits per heavy atom. The largest absolute Gasteiger partial charge is 0.389 e. The van der Waals surface area contributed by atoms with Crippen LogP contribution >= 0.6 is 12.6 Å². The third-order valence-electron chi connectivity index (χ3n) is 2.96. The van der Waals surface area contributed by atoms with Gasteiger partial charge in [-0.05, 0) is 17.7 Å². The Bertz CT molecular complexity index is 633. The van der Waals surface area contributed by atoms with Gasteiger partial charge in [-0.3, -0.25) is 0 Å². The van der Waals surface area contributed by atoms with E-state index < -0.39 is 12.2 Å². The first-order valence-electron chi connectivity index (χ1n) is 5.89. The molecule has 4 N–H and O–H groups in total. The Labute approximate surface area is 121 Å². The van der Waals surface area contributed by atoms with Gasteiger partial charge >= 0.3 is 0 Å². The van der Waals surface area contributed by atoms with Crippen LogP contribution in [0.4, 0.5) is 5.82 Å². The van der Waals surface area contributed by atoms with Gasteiger partial charge in [0.2, 0.25) is 0 Å². The van der Waals surface area contributed by atoms with Crippen LogP contribution in [-0.2, 0) is 0 Å². The van der Waals surface area contributed by atoms with Crippen molar-refractivity contribution in [3.63, 3.8) is 0 Å². The van der Waals surface area contributed by atoms with Gasteiger partial charge in [0, 0.05) is 5.75 Å². The molecule has 1 aromatic carbocycles. The number of rotatable bonds is 4. The van der Waals surface area contributed by atoms with Gasteiger partial charge in [0.1, 0.15) is 23.6 Å². The summed E-state index contributed by atoms with van der Waals surface area (Å²) in [4.78, 5) is 0. The number of nitrogen functional groups attached to an aromatic ring is 1. The van der Waals surface area contributed by atoms with Gasteiger partial charge in [-0.15, -0.1) is 0 Å². The maximum absolute atomic E-state index is 9.86. The zero-order valence-corrected chi connectivity index (χ0v) is 11.4. The molecule has 0 amide bonds. The fraction of sp³-hybridized carbons (Fsp3) is 0.231. The van der Waals surface area contributed by atoms with Crippen molar-refractivity contribution in [1.29, 1.82) is 5.26 Å². The molecule has 0 saturated carbocycles. The van der Waals surface area contributed by atoms with E-state index in [1.807, 2.05) is 6.07 Å². The highest BCUT2D eigenvalue weighted by atomic mass is 32.1. The molecule has 2 aromatic rings. The number of aliphatic hydroxyl groups excluding tert-OH is 2. The highest BCUT2D eigenvalue weighted by molar-refractivity contribution is 7.80. The van der Waals surface area contributed by atoms with E-state index in [1.165, 1.54) is 10.9 Å². The van der Waals surface area contributed by atoms with Crippen LogP contribution < -0.4 is 5.73 Å². The number of nitrogens with zero attached hydrogens (tertiary/aromatic N) is 3. The van der Waals surface area contributed by atoms with Crippen molar-refractivity contribution >= 4 is 18.4 Å². The summed E-state index contributed by atoms with van der Waals surface area (Å²) in [5.74, 6) is 0.428. The van der Waals surface area contributed by atoms with Crippen LogP contribution in [0.5, 0.6) is 0 Å². The molecule has 104 valence electrons. The molecule has 0 saturated heterocycles. The summed E-state index contributed by atoms with van der Waals surface area (Å²) in [7, 11) is 0. The Morgan fingerprint density at radius 1 is 1.35 bits per heavy atom. The molecule has 0 spiro atoms. The second-order valence-electron chi connectivity index (χ2n) is 4.25. The van der Waals surface area contributed by atoms with E-state index in [4.69, 9.17) is 11.0 Å². The summed E-state index contributed by atoms with van der Waals surface area (Å²) >= 11 is 3.94. The summed E-state index contributed by atoms with van der Waals surface area (Å²) < 4.78 is 1.43. The topological polar surface area (TPSA) is 108 Å². The smallest absolute Gasteiger partial charge is 0.145 e. The van der Waals surface area contributed by atoms with E-state index >= 15 is 0 Å². The number of nitriles is 1. The van der Waals surface area contributed by atoms with E-state index in [9.17, 15) is 10.2 Å². The highest BCUT2D eigenvalue weighted by Crippen LogP contribution is 2.21. The molecule has 0 fully saturated rings. The van der Waals surface area contributed by atoms with E-state index in [1.54, 1.807) is 24.3 Å². The zero-order valence-electron chi connectivity index (χ0n) is 10.5. The van der Waals surface area contributed by atoms with Crippen LogP contribution in [0.1, 0.15) is 17.2 Å². The molecule has 2 unspecified atom stereocenters. The van der Waals surface area contributed by atoms with Crippen molar-refractivity contribution < 1.29 is 10.2 Å².